The molecular formula is C39H46IrNO3-. The van der Waals surface area contributed by atoms with Crippen LogP contribution in [0.3, 0.4) is 0 Å². The van der Waals surface area contributed by atoms with E-state index in [-0.39, 0.29) is 43.0 Å². The number of fused-ring (bicyclic) bond motifs is 4. The van der Waals surface area contributed by atoms with E-state index < -0.39 is 0 Å². The summed E-state index contributed by atoms with van der Waals surface area (Å²) in [6.07, 6.45) is 7.80. The number of rotatable bonds is 10. The Hall–Kier alpha value is -3.27. The molecule has 3 aromatic carbocycles. The first-order valence-electron chi connectivity index (χ1n) is 15.8. The number of pyridine rings is 1. The number of ketones is 1. The number of furan rings is 1. The molecule has 44 heavy (non-hydrogen) atoms. The molecule has 1 N–H and O–H groups in total. The largest absolute Gasteiger partial charge is 0.512 e. The van der Waals surface area contributed by atoms with Crippen LogP contribution in [0.4, 0.5) is 0 Å². The fourth-order valence-corrected chi connectivity index (χ4v) is 5.56. The third-order valence-corrected chi connectivity index (χ3v) is 8.87. The summed E-state index contributed by atoms with van der Waals surface area (Å²) in [7, 11) is 0. The molecule has 2 aromatic heterocycles. The molecule has 4 nitrogen and oxygen atoms in total. The number of para-hydroxylation sites is 1. The summed E-state index contributed by atoms with van der Waals surface area (Å²) in [6, 6.07) is 24.5. The van der Waals surface area contributed by atoms with Gasteiger partial charge in [0.1, 0.15) is 5.58 Å². The molecule has 5 aromatic rings. The molecule has 0 aliphatic heterocycles. The summed E-state index contributed by atoms with van der Waals surface area (Å²) in [5.41, 5.74) is 4.63. The van der Waals surface area contributed by atoms with Crippen molar-refractivity contribution < 1.29 is 34.4 Å². The van der Waals surface area contributed by atoms with E-state index in [0.29, 0.717) is 5.92 Å². The summed E-state index contributed by atoms with van der Waals surface area (Å²) in [6.45, 7) is 14.6. The molecule has 0 bridgehead atoms. The van der Waals surface area contributed by atoms with Crippen LogP contribution < -0.4 is 0 Å². The molecule has 0 saturated carbocycles. The van der Waals surface area contributed by atoms with Crippen molar-refractivity contribution in [2.45, 2.75) is 80.6 Å². The van der Waals surface area contributed by atoms with Crippen LogP contribution in [0, 0.1) is 23.3 Å². The van der Waals surface area contributed by atoms with Gasteiger partial charge in [0.05, 0.1) is 11.3 Å². The van der Waals surface area contributed by atoms with Gasteiger partial charge >= 0.3 is 0 Å². The number of nitrogens with zero attached hydrogens (tertiary/aromatic N) is 1. The Labute approximate surface area is 276 Å². The molecule has 5 heteroatoms. The van der Waals surface area contributed by atoms with Crippen LogP contribution >= 0.6 is 0 Å². The third kappa shape index (κ3) is 7.86. The van der Waals surface area contributed by atoms with Gasteiger partial charge in [0.2, 0.25) is 0 Å². The molecule has 0 aliphatic carbocycles. The van der Waals surface area contributed by atoms with E-state index in [0.717, 1.165) is 70.7 Å². The molecular weight excluding hydrogens is 723 g/mol. The van der Waals surface area contributed by atoms with E-state index in [1.165, 1.54) is 17.0 Å². The van der Waals surface area contributed by atoms with Crippen molar-refractivity contribution in [2.75, 3.05) is 0 Å². The zero-order valence-electron chi connectivity index (χ0n) is 27.2. The average Bonchev–Trinajstić information content (AvgIpc) is 3.38. The number of aliphatic hydroxyl groups excluding tert-OH is 1. The first kappa shape index (κ1) is 35.2. The van der Waals surface area contributed by atoms with Gasteiger partial charge in [-0.1, -0.05) is 96.3 Å². The van der Waals surface area contributed by atoms with E-state index in [4.69, 9.17) is 4.42 Å². The number of hydrogen-bond donors (Lipinski definition) is 1. The van der Waals surface area contributed by atoms with Crippen LogP contribution in [-0.2, 0) is 31.3 Å². The molecule has 0 saturated heterocycles. The Bertz CT molecular complexity index is 1720. The summed E-state index contributed by atoms with van der Waals surface area (Å²) >= 11 is 0. The molecule has 0 unspecified atom stereocenters. The number of allylic oxidation sites excluding steroid dienone is 2. The Morgan fingerprint density at radius 2 is 1.64 bits per heavy atom. The predicted molar refractivity (Wildman–Crippen MR) is 180 cm³/mol. The van der Waals surface area contributed by atoms with Crippen molar-refractivity contribution in [1.82, 2.24) is 4.98 Å². The van der Waals surface area contributed by atoms with Crippen LogP contribution in [-0.4, -0.2) is 15.9 Å². The van der Waals surface area contributed by atoms with E-state index in [1.807, 2.05) is 59.0 Å². The minimum Gasteiger partial charge on any atom is -0.512 e. The smallest absolute Gasteiger partial charge is 0.164 e. The molecule has 5 rings (SSSR count). The number of aliphatic hydroxyl groups is 1. The molecule has 0 aliphatic rings. The van der Waals surface area contributed by atoms with Crippen molar-refractivity contribution in [2.24, 2.45) is 17.3 Å². The number of aromatic nitrogens is 1. The molecule has 2 heterocycles. The van der Waals surface area contributed by atoms with Crippen LogP contribution in [0.25, 0.3) is 44.0 Å². The Morgan fingerprint density at radius 1 is 0.955 bits per heavy atom. The molecule has 0 atom stereocenters. The number of hydrogen-bond acceptors (Lipinski definition) is 4. The van der Waals surface area contributed by atoms with Crippen LogP contribution in [0.2, 0.25) is 0 Å². The van der Waals surface area contributed by atoms with Gasteiger partial charge in [0, 0.05) is 43.7 Å². The van der Waals surface area contributed by atoms with Crippen LogP contribution in [0.5, 0.6) is 0 Å². The zero-order valence-corrected chi connectivity index (χ0v) is 29.6. The van der Waals surface area contributed by atoms with E-state index in [1.54, 1.807) is 0 Å². The summed E-state index contributed by atoms with van der Waals surface area (Å²) in [4.78, 5) is 16.7. The minimum atomic E-state index is -0.319. The molecule has 0 spiro atoms. The fourth-order valence-electron chi connectivity index (χ4n) is 5.56. The SMILES string of the molecule is CC(C)Cc1ccc2c(-c3[c-]c4oc5ccccc5c4cc3)nccc2c1.CCC(CC)/C(O)=C/C(=O)C(C)(CC)CC.[Ir]. The van der Waals surface area contributed by atoms with Gasteiger partial charge in [-0.3, -0.25) is 4.79 Å². The van der Waals surface area contributed by atoms with Crippen molar-refractivity contribution in [1.29, 1.82) is 0 Å². The van der Waals surface area contributed by atoms with Gasteiger partial charge in [-0.05, 0) is 77.6 Å². The maximum Gasteiger partial charge on any atom is 0.164 e. The van der Waals surface area contributed by atoms with Gasteiger partial charge in [-0.25, -0.2) is 0 Å². The Kier molecular flexibility index (Phi) is 12.5. The van der Waals surface area contributed by atoms with Crippen LogP contribution in [0.1, 0.15) is 79.7 Å². The number of carbonyl (C=O) groups is 1. The van der Waals surface area contributed by atoms with E-state index in [9.17, 15) is 9.90 Å². The fraction of sp³-hybridized carbons (Fsp3) is 0.385. The normalized spacial score (nSPS) is 12.1. The van der Waals surface area contributed by atoms with Gasteiger partial charge < -0.3 is 14.5 Å². The van der Waals surface area contributed by atoms with Crippen molar-refractivity contribution in [3.63, 3.8) is 0 Å². The molecule has 0 fully saturated rings. The van der Waals surface area contributed by atoms with Crippen molar-refractivity contribution >= 4 is 38.5 Å². The standard InChI is InChI=1S/C25H20NO.C14H26O2.Ir/c1-16(2)13-17-7-9-20-18(14-17)11-12-26-25(20)19-8-10-22-21-5-3-4-6-23(21)27-24(22)15-19;1-6-11(7-2)12(15)10-13(16)14(5,8-3)9-4;/h3-12,14,16H,13H2,1-2H3;10-11,15H,6-9H2,1-5H3;/q-1;;/b;12-10-;. The quantitative estimate of drug-likeness (QED) is 0.0873. The second kappa shape index (κ2) is 15.6. The van der Waals surface area contributed by atoms with E-state index in [2.05, 4.69) is 67.4 Å². The zero-order chi connectivity index (χ0) is 31.1. The van der Waals surface area contributed by atoms with Gasteiger partial charge in [-0.2, -0.15) is 0 Å². The molecule has 1 radical (unpaired) electrons. The minimum absolute atomic E-state index is 0. The molecule has 235 valence electrons. The Morgan fingerprint density at radius 3 is 2.30 bits per heavy atom. The van der Waals surface area contributed by atoms with Crippen LogP contribution in [0.15, 0.2) is 83.1 Å². The maximum absolute atomic E-state index is 12.0. The second-order valence-corrected chi connectivity index (χ2v) is 12.2. The van der Waals surface area contributed by atoms with E-state index >= 15 is 0 Å². The van der Waals surface area contributed by atoms with Crippen molar-refractivity contribution in [3.8, 4) is 11.3 Å². The molecule has 0 amide bonds. The first-order valence-corrected chi connectivity index (χ1v) is 15.8. The number of benzene rings is 3. The second-order valence-electron chi connectivity index (χ2n) is 12.2. The summed E-state index contributed by atoms with van der Waals surface area (Å²) < 4.78 is 6.01. The predicted octanol–water partition coefficient (Wildman–Crippen LogP) is 11.1. The number of carbonyl (C=O) groups excluding carboxylic acids is 1. The van der Waals surface area contributed by atoms with Gasteiger partial charge in [-0.15, -0.1) is 17.7 Å². The average molecular weight is 769 g/mol. The Balaban J connectivity index is 0.000000271. The van der Waals surface area contributed by atoms with Gasteiger partial charge in [0.25, 0.3) is 0 Å². The topological polar surface area (TPSA) is 63.3 Å². The third-order valence-electron chi connectivity index (χ3n) is 8.87. The monoisotopic (exact) mass is 769 g/mol. The van der Waals surface area contributed by atoms with Crippen molar-refractivity contribution in [3.05, 3.63) is 90.3 Å². The first-order chi connectivity index (χ1) is 20.6. The maximum atomic E-state index is 12.0. The summed E-state index contributed by atoms with van der Waals surface area (Å²) in [5.74, 6) is 1.08. The summed E-state index contributed by atoms with van der Waals surface area (Å²) in [5, 5.41) is 14.5. The van der Waals surface area contributed by atoms with Gasteiger partial charge in [0.15, 0.2) is 5.78 Å².